The number of hydrogen-bond acceptors (Lipinski definition) is 5. The topological polar surface area (TPSA) is 68.8 Å². The van der Waals surface area contributed by atoms with Crippen LogP contribution in [-0.4, -0.2) is 32.3 Å². The lowest BCUT2D eigenvalue weighted by atomic mass is 10.0. The average Bonchev–Trinajstić information content (AvgIpc) is 2.97. The van der Waals surface area contributed by atoms with Crippen LogP contribution in [0.25, 0.3) is 11.5 Å². The number of likely N-dealkylation sites (N-methyl/N-ethyl adjacent to an activating group) is 1. The molecule has 0 aliphatic rings. The molecule has 20 heavy (non-hydrogen) atoms. The van der Waals surface area contributed by atoms with Gasteiger partial charge in [0.2, 0.25) is 11.7 Å². The molecular weight excluding hydrogens is 254 g/mol. The van der Waals surface area contributed by atoms with E-state index in [9.17, 15) is 0 Å². The summed E-state index contributed by atoms with van der Waals surface area (Å²) in [7, 11) is 1.92. The average molecular weight is 277 g/mol. The summed E-state index contributed by atoms with van der Waals surface area (Å²) < 4.78 is 7.24. The SMILES string of the molecule is CCNC(Cc1nc(-c2cncn2C)no1)CC(C)C. The summed E-state index contributed by atoms with van der Waals surface area (Å²) in [4.78, 5) is 8.53. The molecule has 0 saturated carbocycles. The summed E-state index contributed by atoms with van der Waals surface area (Å²) in [5.74, 6) is 1.91. The van der Waals surface area contributed by atoms with E-state index in [4.69, 9.17) is 4.52 Å². The largest absolute Gasteiger partial charge is 0.339 e. The molecule has 110 valence electrons. The van der Waals surface area contributed by atoms with Gasteiger partial charge in [0.05, 0.1) is 12.5 Å². The number of rotatable bonds is 7. The van der Waals surface area contributed by atoms with Gasteiger partial charge < -0.3 is 14.4 Å². The van der Waals surface area contributed by atoms with Crippen molar-refractivity contribution in [1.29, 1.82) is 0 Å². The Morgan fingerprint density at radius 3 is 2.80 bits per heavy atom. The van der Waals surface area contributed by atoms with Crippen LogP contribution in [0.2, 0.25) is 0 Å². The number of nitrogens with zero attached hydrogens (tertiary/aromatic N) is 4. The van der Waals surface area contributed by atoms with Crippen molar-refractivity contribution in [2.24, 2.45) is 13.0 Å². The minimum atomic E-state index is 0.375. The van der Waals surface area contributed by atoms with E-state index in [1.165, 1.54) is 0 Å². The molecule has 6 heteroatoms. The van der Waals surface area contributed by atoms with E-state index in [-0.39, 0.29) is 0 Å². The third-order valence-corrected chi connectivity index (χ3v) is 3.18. The predicted molar refractivity (Wildman–Crippen MR) is 77.1 cm³/mol. The smallest absolute Gasteiger partial charge is 0.228 e. The molecule has 0 radical (unpaired) electrons. The summed E-state index contributed by atoms with van der Waals surface area (Å²) >= 11 is 0. The van der Waals surface area contributed by atoms with Crippen LogP contribution in [0, 0.1) is 5.92 Å². The molecular formula is C14H23N5O. The minimum absolute atomic E-state index is 0.375. The van der Waals surface area contributed by atoms with Gasteiger partial charge in [-0.25, -0.2) is 4.98 Å². The van der Waals surface area contributed by atoms with Gasteiger partial charge in [-0.2, -0.15) is 4.98 Å². The van der Waals surface area contributed by atoms with E-state index >= 15 is 0 Å². The molecule has 0 aliphatic heterocycles. The van der Waals surface area contributed by atoms with E-state index in [0.717, 1.165) is 25.1 Å². The molecule has 6 nitrogen and oxygen atoms in total. The Bertz CT molecular complexity index is 531. The van der Waals surface area contributed by atoms with Crippen molar-refractivity contribution >= 4 is 0 Å². The quantitative estimate of drug-likeness (QED) is 0.838. The van der Waals surface area contributed by atoms with E-state index in [1.54, 1.807) is 12.5 Å². The number of imidazole rings is 1. The third-order valence-electron chi connectivity index (χ3n) is 3.18. The third kappa shape index (κ3) is 3.66. The molecule has 1 N–H and O–H groups in total. The van der Waals surface area contributed by atoms with Crippen LogP contribution in [0.3, 0.4) is 0 Å². The highest BCUT2D eigenvalue weighted by Gasteiger charge is 2.17. The fraction of sp³-hybridized carbons (Fsp3) is 0.643. The maximum absolute atomic E-state index is 5.36. The Morgan fingerprint density at radius 1 is 1.40 bits per heavy atom. The fourth-order valence-corrected chi connectivity index (χ4v) is 2.32. The molecule has 2 aromatic rings. The van der Waals surface area contributed by atoms with Crippen LogP contribution in [0.1, 0.15) is 33.1 Å². The molecule has 2 rings (SSSR count). The Hall–Kier alpha value is -1.69. The zero-order chi connectivity index (χ0) is 14.5. The number of aromatic nitrogens is 4. The van der Waals surface area contributed by atoms with Crippen molar-refractivity contribution in [3.63, 3.8) is 0 Å². The molecule has 0 fully saturated rings. The number of nitrogens with one attached hydrogen (secondary N) is 1. The van der Waals surface area contributed by atoms with Crippen LogP contribution in [0.15, 0.2) is 17.0 Å². The summed E-state index contributed by atoms with van der Waals surface area (Å²) in [5, 5.41) is 7.51. The minimum Gasteiger partial charge on any atom is -0.339 e. The predicted octanol–water partition coefficient (Wildman–Crippen LogP) is 2.04. The normalized spacial score (nSPS) is 13.1. The Balaban J connectivity index is 2.06. The molecule has 2 aromatic heterocycles. The van der Waals surface area contributed by atoms with E-state index in [1.807, 2.05) is 11.6 Å². The highest BCUT2D eigenvalue weighted by atomic mass is 16.5. The number of hydrogen-bond donors (Lipinski definition) is 1. The summed E-state index contributed by atoms with van der Waals surface area (Å²) in [6, 6.07) is 0.375. The molecule has 0 amide bonds. The van der Waals surface area contributed by atoms with Gasteiger partial charge in [0.25, 0.3) is 0 Å². The maximum atomic E-state index is 5.36. The van der Waals surface area contributed by atoms with E-state index < -0.39 is 0 Å². The second-order valence-corrected chi connectivity index (χ2v) is 5.49. The highest BCUT2D eigenvalue weighted by molar-refractivity contribution is 5.46. The van der Waals surface area contributed by atoms with Gasteiger partial charge >= 0.3 is 0 Å². The van der Waals surface area contributed by atoms with Crippen molar-refractivity contribution in [1.82, 2.24) is 25.0 Å². The lowest BCUT2D eigenvalue weighted by molar-refractivity contribution is 0.340. The van der Waals surface area contributed by atoms with E-state index in [0.29, 0.717) is 23.7 Å². The van der Waals surface area contributed by atoms with Crippen molar-refractivity contribution in [2.45, 2.75) is 39.7 Å². The van der Waals surface area contributed by atoms with Gasteiger partial charge in [0.1, 0.15) is 5.69 Å². The molecule has 0 spiro atoms. The highest BCUT2D eigenvalue weighted by Crippen LogP contribution is 2.16. The summed E-state index contributed by atoms with van der Waals surface area (Å²) in [6.07, 6.45) is 5.32. The first-order valence-electron chi connectivity index (χ1n) is 7.12. The Labute approximate surface area is 119 Å². The first-order valence-corrected chi connectivity index (χ1v) is 7.12. The first kappa shape index (κ1) is 14.7. The van der Waals surface area contributed by atoms with Gasteiger partial charge in [-0.15, -0.1) is 0 Å². The van der Waals surface area contributed by atoms with Crippen molar-refractivity contribution in [3.8, 4) is 11.5 Å². The zero-order valence-electron chi connectivity index (χ0n) is 12.6. The fourth-order valence-electron chi connectivity index (χ4n) is 2.32. The molecule has 1 atom stereocenters. The van der Waals surface area contributed by atoms with Gasteiger partial charge in [0.15, 0.2) is 0 Å². The van der Waals surface area contributed by atoms with Crippen LogP contribution < -0.4 is 5.32 Å². The van der Waals surface area contributed by atoms with Gasteiger partial charge in [-0.3, -0.25) is 0 Å². The lowest BCUT2D eigenvalue weighted by Gasteiger charge is -2.17. The summed E-state index contributed by atoms with van der Waals surface area (Å²) in [6.45, 7) is 7.50. The maximum Gasteiger partial charge on any atom is 0.228 e. The monoisotopic (exact) mass is 277 g/mol. The van der Waals surface area contributed by atoms with Crippen LogP contribution in [0.4, 0.5) is 0 Å². The van der Waals surface area contributed by atoms with Gasteiger partial charge in [-0.05, 0) is 18.9 Å². The molecule has 0 bridgehead atoms. The second-order valence-electron chi connectivity index (χ2n) is 5.49. The second kappa shape index (κ2) is 6.65. The van der Waals surface area contributed by atoms with E-state index in [2.05, 4.69) is 41.2 Å². The van der Waals surface area contributed by atoms with Gasteiger partial charge in [-0.1, -0.05) is 25.9 Å². The molecule has 1 unspecified atom stereocenters. The number of aryl methyl sites for hydroxylation is 1. The van der Waals surface area contributed by atoms with Crippen molar-refractivity contribution in [3.05, 3.63) is 18.4 Å². The molecule has 2 heterocycles. The van der Waals surface area contributed by atoms with Crippen LogP contribution in [-0.2, 0) is 13.5 Å². The van der Waals surface area contributed by atoms with Crippen LogP contribution >= 0.6 is 0 Å². The zero-order valence-corrected chi connectivity index (χ0v) is 12.6. The molecule has 0 saturated heterocycles. The Morgan fingerprint density at radius 2 is 2.20 bits per heavy atom. The standard InChI is InChI=1S/C14H23N5O/c1-5-16-11(6-10(2)3)7-13-17-14(18-20-13)12-8-15-9-19(12)4/h8-11,16H,5-7H2,1-4H3. The van der Waals surface area contributed by atoms with Crippen molar-refractivity contribution in [2.75, 3.05) is 6.54 Å². The lowest BCUT2D eigenvalue weighted by Crippen LogP contribution is -2.32. The molecule has 0 aliphatic carbocycles. The van der Waals surface area contributed by atoms with Crippen molar-refractivity contribution < 1.29 is 4.52 Å². The van der Waals surface area contributed by atoms with Gasteiger partial charge in [0, 0.05) is 19.5 Å². The first-order chi connectivity index (χ1) is 9.60. The molecule has 0 aromatic carbocycles. The van der Waals surface area contributed by atoms with Crippen LogP contribution in [0.5, 0.6) is 0 Å². The Kier molecular flexibility index (Phi) is 4.89. The summed E-state index contributed by atoms with van der Waals surface area (Å²) in [5.41, 5.74) is 0.865.